The summed E-state index contributed by atoms with van der Waals surface area (Å²) in [5.41, 5.74) is 1.44. The number of carbonyl (C=O) groups excluding carboxylic acids is 2. The minimum atomic E-state index is -0.138. The standard InChI is InChI=1S/C23H28N2O5/c1-28-18-9-7-16(8-10-18)15-24-22(26)17-11-13-25(14-12-17)23(27)21-19(29-2)5-4-6-20(21)30-3/h4-10,17H,11-15H2,1-3H3,(H,24,26). The lowest BCUT2D eigenvalue weighted by Crippen LogP contribution is -2.43. The van der Waals surface area contributed by atoms with Gasteiger partial charge >= 0.3 is 0 Å². The number of likely N-dealkylation sites (tertiary alicyclic amines) is 1. The minimum absolute atomic E-state index is 0.0211. The van der Waals surface area contributed by atoms with Gasteiger partial charge in [-0.3, -0.25) is 9.59 Å². The number of benzene rings is 2. The van der Waals surface area contributed by atoms with Crippen molar-refractivity contribution >= 4 is 11.8 Å². The molecule has 2 amide bonds. The van der Waals surface area contributed by atoms with Gasteiger partial charge in [0.25, 0.3) is 5.91 Å². The molecule has 0 bridgehead atoms. The van der Waals surface area contributed by atoms with Crippen molar-refractivity contribution in [2.45, 2.75) is 19.4 Å². The Hall–Kier alpha value is -3.22. The maximum atomic E-state index is 13.1. The molecule has 1 aliphatic heterocycles. The van der Waals surface area contributed by atoms with Crippen LogP contribution in [0.2, 0.25) is 0 Å². The first-order valence-electron chi connectivity index (χ1n) is 9.98. The van der Waals surface area contributed by atoms with Crippen LogP contribution < -0.4 is 19.5 Å². The van der Waals surface area contributed by atoms with Gasteiger partial charge in [0.15, 0.2) is 0 Å². The number of nitrogens with zero attached hydrogens (tertiary/aromatic N) is 1. The number of methoxy groups -OCH3 is 3. The number of piperidine rings is 1. The Morgan fingerprint density at radius 2 is 1.53 bits per heavy atom. The van der Waals surface area contributed by atoms with Gasteiger partial charge in [-0.1, -0.05) is 18.2 Å². The summed E-state index contributed by atoms with van der Waals surface area (Å²) in [5.74, 6) is 1.53. The van der Waals surface area contributed by atoms with Crippen LogP contribution in [0.1, 0.15) is 28.8 Å². The third kappa shape index (κ3) is 4.84. The van der Waals surface area contributed by atoms with Crippen molar-refractivity contribution in [3.8, 4) is 17.2 Å². The van der Waals surface area contributed by atoms with E-state index in [4.69, 9.17) is 14.2 Å². The molecular formula is C23H28N2O5. The maximum absolute atomic E-state index is 13.1. The van der Waals surface area contributed by atoms with Crippen LogP contribution in [-0.2, 0) is 11.3 Å². The van der Waals surface area contributed by atoms with Gasteiger partial charge in [-0.05, 0) is 42.7 Å². The van der Waals surface area contributed by atoms with Crippen molar-refractivity contribution in [3.05, 3.63) is 53.6 Å². The van der Waals surface area contributed by atoms with Crippen molar-refractivity contribution < 1.29 is 23.8 Å². The average molecular weight is 412 g/mol. The Kier molecular flexibility index (Phi) is 7.17. The summed E-state index contributed by atoms with van der Waals surface area (Å²) in [6.07, 6.45) is 1.25. The molecule has 1 N–H and O–H groups in total. The van der Waals surface area contributed by atoms with Crippen LogP contribution in [0, 0.1) is 5.92 Å². The molecule has 30 heavy (non-hydrogen) atoms. The fourth-order valence-corrected chi connectivity index (χ4v) is 3.64. The molecule has 0 atom stereocenters. The molecule has 7 heteroatoms. The van der Waals surface area contributed by atoms with Gasteiger partial charge in [-0.25, -0.2) is 0 Å². The summed E-state index contributed by atoms with van der Waals surface area (Å²) in [4.78, 5) is 27.4. The summed E-state index contributed by atoms with van der Waals surface area (Å²) in [6.45, 7) is 1.50. The molecular weight excluding hydrogens is 384 g/mol. The first-order valence-corrected chi connectivity index (χ1v) is 9.98. The normalized spacial score (nSPS) is 14.2. The average Bonchev–Trinajstić information content (AvgIpc) is 2.81. The van der Waals surface area contributed by atoms with Gasteiger partial charge in [-0.2, -0.15) is 0 Å². The third-order valence-corrected chi connectivity index (χ3v) is 5.42. The Bertz CT molecular complexity index is 851. The van der Waals surface area contributed by atoms with Gasteiger partial charge in [0, 0.05) is 25.6 Å². The molecule has 0 radical (unpaired) electrons. The highest BCUT2D eigenvalue weighted by Crippen LogP contribution is 2.31. The van der Waals surface area contributed by atoms with Gasteiger partial charge in [0.05, 0.1) is 21.3 Å². The van der Waals surface area contributed by atoms with Gasteiger partial charge in [-0.15, -0.1) is 0 Å². The molecule has 1 fully saturated rings. The highest BCUT2D eigenvalue weighted by Gasteiger charge is 2.30. The lowest BCUT2D eigenvalue weighted by molar-refractivity contribution is -0.126. The smallest absolute Gasteiger partial charge is 0.261 e. The van der Waals surface area contributed by atoms with Crippen molar-refractivity contribution in [2.24, 2.45) is 5.92 Å². The zero-order chi connectivity index (χ0) is 21.5. The quantitative estimate of drug-likeness (QED) is 0.757. The number of amides is 2. The summed E-state index contributed by atoms with van der Waals surface area (Å²) in [7, 11) is 4.69. The molecule has 1 saturated heterocycles. The molecule has 0 spiro atoms. The molecule has 2 aromatic rings. The molecule has 0 aromatic heterocycles. The highest BCUT2D eigenvalue weighted by molar-refractivity contribution is 6.00. The van der Waals surface area contributed by atoms with E-state index in [0.717, 1.165) is 11.3 Å². The van der Waals surface area contributed by atoms with Crippen LogP contribution in [0.15, 0.2) is 42.5 Å². The van der Waals surface area contributed by atoms with Gasteiger partial charge in [0.2, 0.25) is 5.91 Å². The van der Waals surface area contributed by atoms with E-state index in [0.29, 0.717) is 49.5 Å². The van der Waals surface area contributed by atoms with E-state index in [9.17, 15) is 9.59 Å². The van der Waals surface area contributed by atoms with E-state index < -0.39 is 0 Å². The lowest BCUT2D eigenvalue weighted by Gasteiger charge is -2.32. The van der Waals surface area contributed by atoms with E-state index in [1.807, 2.05) is 24.3 Å². The van der Waals surface area contributed by atoms with Crippen molar-refractivity contribution in [1.29, 1.82) is 0 Å². The Morgan fingerprint density at radius 3 is 2.07 bits per heavy atom. The predicted molar refractivity (Wildman–Crippen MR) is 113 cm³/mol. The second-order valence-corrected chi connectivity index (χ2v) is 7.17. The molecule has 1 aliphatic rings. The third-order valence-electron chi connectivity index (χ3n) is 5.42. The van der Waals surface area contributed by atoms with Crippen molar-refractivity contribution in [1.82, 2.24) is 10.2 Å². The summed E-state index contributed by atoms with van der Waals surface area (Å²) in [5, 5.41) is 3.00. The zero-order valence-corrected chi connectivity index (χ0v) is 17.6. The van der Waals surface area contributed by atoms with Crippen LogP contribution in [0.5, 0.6) is 17.2 Å². The topological polar surface area (TPSA) is 77.1 Å². The fourth-order valence-electron chi connectivity index (χ4n) is 3.64. The Morgan fingerprint density at radius 1 is 0.933 bits per heavy atom. The van der Waals surface area contributed by atoms with E-state index in [1.54, 1.807) is 30.2 Å². The van der Waals surface area contributed by atoms with Crippen LogP contribution in [0.4, 0.5) is 0 Å². The number of hydrogen-bond acceptors (Lipinski definition) is 5. The number of nitrogens with one attached hydrogen (secondary N) is 1. The SMILES string of the molecule is COc1ccc(CNC(=O)C2CCN(C(=O)c3c(OC)cccc3OC)CC2)cc1. The predicted octanol–water partition coefficient (Wildman–Crippen LogP) is 2.88. The monoisotopic (exact) mass is 412 g/mol. The number of rotatable bonds is 7. The molecule has 0 saturated carbocycles. The molecule has 1 heterocycles. The summed E-state index contributed by atoms with van der Waals surface area (Å²) < 4.78 is 15.8. The van der Waals surface area contributed by atoms with Crippen LogP contribution in [0.25, 0.3) is 0 Å². The fraction of sp³-hybridized carbons (Fsp3) is 0.391. The molecule has 0 unspecified atom stereocenters. The van der Waals surface area contributed by atoms with Gasteiger partial charge in [0.1, 0.15) is 22.8 Å². The molecule has 2 aromatic carbocycles. The zero-order valence-electron chi connectivity index (χ0n) is 17.6. The largest absolute Gasteiger partial charge is 0.497 e. The van der Waals surface area contributed by atoms with E-state index in [2.05, 4.69) is 5.32 Å². The number of ether oxygens (including phenoxy) is 3. The number of carbonyl (C=O) groups is 2. The second-order valence-electron chi connectivity index (χ2n) is 7.17. The van der Waals surface area contributed by atoms with Crippen molar-refractivity contribution in [3.63, 3.8) is 0 Å². The first-order chi connectivity index (χ1) is 14.6. The van der Waals surface area contributed by atoms with Crippen LogP contribution in [0.3, 0.4) is 0 Å². The maximum Gasteiger partial charge on any atom is 0.261 e. The summed E-state index contributed by atoms with van der Waals surface area (Å²) >= 11 is 0. The molecule has 3 rings (SSSR count). The van der Waals surface area contributed by atoms with Crippen LogP contribution in [-0.4, -0.2) is 51.1 Å². The Balaban J connectivity index is 1.55. The molecule has 7 nitrogen and oxygen atoms in total. The van der Waals surface area contributed by atoms with Crippen LogP contribution >= 0.6 is 0 Å². The molecule has 160 valence electrons. The number of hydrogen-bond donors (Lipinski definition) is 1. The van der Waals surface area contributed by atoms with Crippen molar-refractivity contribution in [2.75, 3.05) is 34.4 Å². The van der Waals surface area contributed by atoms with E-state index >= 15 is 0 Å². The Labute approximate surface area is 176 Å². The van der Waals surface area contributed by atoms with Gasteiger partial charge < -0.3 is 24.4 Å². The first kappa shape index (κ1) is 21.5. The van der Waals surface area contributed by atoms with E-state index in [-0.39, 0.29) is 17.7 Å². The minimum Gasteiger partial charge on any atom is -0.497 e. The molecule has 0 aliphatic carbocycles. The second kappa shape index (κ2) is 10.0. The summed E-state index contributed by atoms with van der Waals surface area (Å²) in [6, 6.07) is 12.9. The van der Waals surface area contributed by atoms with E-state index in [1.165, 1.54) is 14.2 Å². The highest BCUT2D eigenvalue weighted by atomic mass is 16.5. The lowest BCUT2D eigenvalue weighted by atomic mass is 9.95.